The molecule has 84 valence electrons. The molecule has 0 atom stereocenters. The van der Waals surface area contributed by atoms with E-state index in [0.717, 1.165) is 17.6 Å². The van der Waals surface area contributed by atoms with Crippen molar-refractivity contribution in [2.24, 2.45) is 0 Å². The van der Waals surface area contributed by atoms with Crippen LogP contribution < -0.4 is 5.32 Å². The summed E-state index contributed by atoms with van der Waals surface area (Å²) in [5.41, 5.74) is 1.71. The molecule has 1 nitrogen and oxygen atoms in total. The van der Waals surface area contributed by atoms with Gasteiger partial charge in [-0.05, 0) is 17.7 Å². The summed E-state index contributed by atoms with van der Waals surface area (Å²) in [6.45, 7) is 4.98. The van der Waals surface area contributed by atoms with E-state index in [-0.39, 0.29) is 16.3 Å². The molecule has 0 saturated heterocycles. The minimum absolute atomic E-state index is 0.0644. The summed E-state index contributed by atoms with van der Waals surface area (Å²) in [5, 5.41) is 3.38. The molecule has 0 saturated carbocycles. The van der Waals surface area contributed by atoms with Crippen molar-refractivity contribution in [3.8, 4) is 0 Å². The molecule has 0 heterocycles. The number of hydrogen-bond acceptors (Lipinski definition) is 1. The van der Waals surface area contributed by atoms with Gasteiger partial charge < -0.3 is 5.32 Å². The molecule has 1 aromatic carbocycles. The Morgan fingerprint density at radius 2 is 2.13 bits per heavy atom. The molecule has 0 unspecified atom stereocenters. The first-order valence-electron chi connectivity index (χ1n) is 4.69. The molecule has 0 fully saturated rings. The van der Waals surface area contributed by atoms with Crippen LogP contribution in [0.25, 0.3) is 0 Å². The van der Waals surface area contributed by atoms with Crippen LogP contribution in [0.1, 0.15) is 19.4 Å². The highest BCUT2D eigenvalue weighted by atomic mass is 79.9. The van der Waals surface area contributed by atoms with E-state index >= 15 is 0 Å². The predicted octanol–water partition coefficient (Wildman–Crippen LogP) is 3.70. The number of nitrogens with one attached hydrogen (secondary N) is 1. The molecule has 1 N–H and O–H groups in total. The van der Waals surface area contributed by atoms with Gasteiger partial charge in [0.15, 0.2) is 0 Å². The van der Waals surface area contributed by atoms with Gasteiger partial charge in [-0.15, -0.1) is 0 Å². The molecule has 15 heavy (non-hydrogen) atoms. The molecule has 0 aliphatic carbocycles. The maximum Gasteiger partial charge on any atom is 0.141 e. The molecular formula is C11H14BrClFN. The van der Waals surface area contributed by atoms with Crippen molar-refractivity contribution in [3.63, 3.8) is 0 Å². The molecule has 0 aliphatic heterocycles. The van der Waals surface area contributed by atoms with Gasteiger partial charge in [-0.3, -0.25) is 0 Å². The van der Waals surface area contributed by atoms with E-state index in [1.54, 1.807) is 12.1 Å². The Labute approximate surface area is 103 Å². The van der Waals surface area contributed by atoms with Crippen molar-refractivity contribution in [1.82, 2.24) is 5.32 Å². The zero-order chi connectivity index (χ0) is 11.5. The minimum atomic E-state index is -0.371. The first-order chi connectivity index (χ1) is 6.97. The Hall–Kier alpha value is -0.120. The van der Waals surface area contributed by atoms with E-state index in [9.17, 15) is 4.39 Å². The maximum atomic E-state index is 13.0. The maximum absolute atomic E-state index is 13.0. The van der Waals surface area contributed by atoms with Gasteiger partial charge in [-0.25, -0.2) is 4.39 Å². The van der Waals surface area contributed by atoms with Crippen molar-refractivity contribution >= 4 is 27.5 Å². The zero-order valence-electron chi connectivity index (χ0n) is 8.78. The van der Waals surface area contributed by atoms with E-state index in [0.29, 0.717) is 0 Å². The molecule has 4 heteroatoms. The fraction of sp³-hybridized carbons (Fsp3) is 0.455. The second-order valence-corrected chi connectivity index (χ2v) is 5.04. The fourth-order valence-corrected chi connectivity index (χ4v) is 1.76. The summed E-state index contributed by atoms with van der Waals surface area (Å²) >= 11 is 9.05. The highest BCUT2D eigenvalue weighted by Crippen LogP contribution is 2.26. The lowest BCUT2D eigenvalue weighted by Gasteiger charge is -2.25. The molecule has 1 rings (SSSR count). The van der Waals surface area contributed by atoms with Crippen LogP contribution in [0.15, 0.2) is 18.2 Å². The molecule has 1 aromatic rings. The predicted molar refractivity (Wildman–Crippen MR) is 66.2 cm³/mol. The van der Waals surface area contributed by atoms with E-state index < -0.39 is 0 Å². The number of rotatable bonds is 4. The van der Waals surface area contributed by atoms with Gasteiger partial charge in [0.2, 0.25) is 0 Å². The van der Waals surface area contributed by atoms with Crippen LogP contribution in [0.3, 0.4) is 0 Å². The molecule has 0 amide bonds. The summed E-state index contributed by atoms with van der Waals surface area (Å²) in [5.74, 6) is -0.371. The minimum Gasteiger partial charge on any atom is -0.306 e. The van der Waals surface area contributed by atoms with Gasteiger partial charge in [0.25, 0.3) is 0 Å². The number of hydrogen-bond donors (Lipinski definition) is 1. The topological polar surface area (TPSA) is 12.0 Å². The van der Waals surface area contributed by atoms with Gasteiger partial charge in [-0.2, -0.15) is 0 Å². The Balaban J connectivity index is 2.89. The monoisotopic (exact) mass is 293 g/mol. The summed E-state index contributed by atoms with van der Waals surface area (Å²) in [6, 6.07) is 4.87. The van der Waals surface area contributed by atoms with Crippen LogP contribution in [-0.2, 0) is 5.41 Å². The number of alkyl halides is 1. The van der Waals surface area contributed by atoms with E-state index in [2.05, 4.69) is 35.1 Å². The van der Waals surface area contributed by atoms with Crippen LogP contribution in [0.2, 0.25) is 5.02 Å². The lowest BCUT2D eigenvalue weighted by atomic mass is 9.84. The SMILES string of the molecule is CC(C)(CNCBr)c1ccc(F)c(Cl)c1. The molecule has 0 spiro atoms. The fourth-order valence-electron chi connectivity index (χ4n) is 1.38. The summed E-state index contributed by atoms with van der Waals surface area (Å²) < 4.78 is 13.0. The number of benzene rings is 1. The lowest BCUT2D eigenvalue weighted by molar-refractivity contribution is 0.489. The van der Waals surface area contributed by atoms with Crippen LogP contribution in [0, 0.1) is 5.82 Å². The van der Waals surface area contributed by atoms with Crippen LogP contribution in [0.5, 0.6) is 0 Å². The molecule has 0 bridgehead atoms. The summed E-state index contributed by atoms with van der Waals surface area (Å²) in [7, 11) is 0. The van der Waals surface area contributed by atoms with E-state index in [1.807, 2.05) is 0 Å². The van der Waals surface area contributed by atoms with Crippen molar-refractivity contribution in [2.45, 2.75) is 19.3 Å². The summed E-state index contributed by atoms with van der Waals surface area (Å²) in [6.07, 6.45) is 0. The average molecular weight is 295 g/mol. The summed E-state index contributed by atoms with van der Waals surface area (Å²) in [4.78, 5) is 0. The second-order valence-electron chi connectivity index (χ2n) is 4.07. The van der Waals surface area contributed by atoms with Crippen LogP contribution >= 0.6 is 27.5 Å². The first kappa shape index (κ1) is 12.9. The third-order valence-corrected chi connectivity index (χ3v) is 3.05. The molecule has 0 aromatic heterocycles. The second kappa shape index (κ2) is 5.28. The zero-order valence-corrected chi connectivity index (χ0v) is 11.1. The van der Waals surface area contributed by atoms with Crippen LogP contribution in [-0.4, -0.2) is 12.0 Å². The highest BCUT2D eigenvalue weighted by Gasteiger charge is 2.20. The largest absolute Gasteiger partial charge is 0.306 e. The normalized spacial score (nSPS) is 11.8. The van der Waals surface area contributed by atoms with Gasteiger partial charge in [0, 0.05) is 12.0 Å². The van der Waals surface area contributed by atoms with E-state index in [4.69, 9.17) is 11.6 Å². The third kappa shape index (κ3) is 3.44. The van der Waals surface area contributed by atoms with Gasteiger partial charge >= 0.3 is 0 Å². The van der Waals surface area contributed by atoms with Crippen molar-refractivity contribution in [3.05, 3.63) is 34.6 Å². The quantitative estimate of drug-likeness (QED) is 0.659. The Kier molecular flexibility index (Phi) is 4.56. The molecule has 0 radical (unpaired) electrons. The standard InChI is InChI=1S/C11H14BrClFN/c1-11(2,6-15-7-12)8-3-4-10(14)9(13)5-8/h3-5,15H,6-7H2,1-2H3. The smallest absolute Gasteiger partial charge is 0.141 e. The Morgan fingerprint density at radius 1 is 1.47 bits per heavy atom. The van der Waals surface area contributed by atoms with Gasteiger partial charge in [0.1, 0.15) is 5.82 Å². The Morgan fingerprint density at radius 3 is 2.67 bits per heavy atom. The van der Waals surface area contributed by atoms with Crippen molar-refractivity contribution in [2.75, 3.05) is 12.0 Å². The first-order valence-corrected chi connectivity index (χ1v) is 6.19. The third-order valence-electron chi connectivity index (χ3n) is 2.36. The lowest BCUT2D eigenvalue weighted by Crippen LogP contribution is -2.32. The van der Waals surface area contributed by atoms with Gasteiger partial charge in [-0.1, -0.05) is 47.4 Å². The average Bonchev–Trinajstić information content (AvgIpc) is 2.19. The molecular weight excluding hydrogens is 280 g/mol. The van der Waals surface area contributed by atoms with Gasteiger partial charge in [0.05, 0.1) is 10.5 Å². The van der Waals surface area contributed by atoms with Crippen molar-refractivity contribution in [1.29, 1.82) is 0 Å². The van der Waals surface area contributed by atoms with E-state index in [1.165, 1.54) is 6.07 Å². The number of halogens is 3. The van der Waals surface area contributed by atoms with Crippen LogP contribution in [0.4, 0.5) is 4.39 Å². The highest BCUT2D eigenvalue weighted by molar-refractivity contribution is 9.09. The molecule has 0 aliphatic rings. The Bertz CT molecular complexity index is 341. The van der Waals surface area contributed by atoms with Crippen molar-refractivity contribution < 1.29 is 4.39 Å².